The summed E-state index contributed by atoms with van der Waals surface area (Å²) < 4.78 is 0. The van der Waals surface area contributed by atoms with Crippen molar-refractivity contribution < 1.29 is 20.4 Å². The second kappa shape index (κ2) is 12.2. The third-order valence-corrected chi connectivity index (χ3v) is 4.60. The summed E-state index contributed by atoms with van der Waals surface area (Å²) in [6, 6.07) is 4.27. The van der Waals surface area contributed by atoms with Crippen molar-refractivity contribution >= 4 is 0 Å². The molecule has 0 amide bonds. The van der Waals surface area contributed by atoms with Crippen molar-refractivity contribution in [3.63, 3.8) is 0 Å². The molecule has 4 heteroatoms. The van der Waals surface area contributed by atoms with Gasteiger partial charge < -0.3 is 20.4 Å². The zero-order valence-electron chi connectivity index (χ0n) is 15.0. The average molecular weight is 338 g/mol. The molecule has 1 aromatic carbocycles. The summed E-state index contributed by atoms with van der Waals surface area (Å²) in [6.45, 7) is 2.43. The molecule has 4 N–H and O–H groups in total. The highest BCUT2D eigenvalue weighted by Gasteiger charge is 2.16. The lowest BCUT2D eigenvalue weighted by molar-refractivity contribution is 0.141. The third kappa shape index (κ3) is 8.55. The van der Waals surface area contributed by atoms with E-state index < -0.39 is 6.10 Å². The minimum Gasteiger partial charge on any atom is -0.508 e. The largest absolute Gasteiger partial charge is 0.508 e. The van der Waals surface area contributed by atoms with E-state index >= 15 is 0 Å². The molecule has 0 aliphatic heterocycles. The summed E-state index contributed by atoms with van der Waals surface area (Å²) in [5, 5.41) is 38.2. The van der Waals surface area contributed by atoms with Gasteiger partial charge in [0.05, 0.1) is 6.10 Å². The molecule has 0 heterocycles. The van der Waals surface area contributed by atoms with Crippen LogP contribution in [-0.4, -0.2) is 27.0 Å². The predicted octanol–water partition coefficient (Wildman–Crippen LogP) is 4.66. The van der Waals surface area contributed by atoms with Crippen molar-refractivity contribution in [3.05, 3.63) is 23.8 Å². The minimum absolute atomic E-state index is 0.0358. The highest BCUT2D eigenvalue weighted by atomic mass is 16.3. The van der Waals surface area contributed by atoms with Crippen LogP contribution in [0.2, 0.25) is 0 Å². The molecule has 0 aliphatic carbocycles. The molecule has 2 unspecified atom stereocenters. The Morgan fingerprint density at radius 2 is 1.46 bits per heavy atom. The molecule has 0 radical (unpaired) electrons. The molecular weight excluding hydrogens is 304 g/mol. The van der Waals surface area contributed by atoms with E-state index in [0.717, 1.165) is 25.7 Å². The standard InChI is InChI=1S/C20H34O4/c1-16(10-8-6-4-2-3-5-7-9-13-21)14-20(24)18-15-17(22)11-12-19(18)23/h11-12,15-16,20-24H,2-10,13-14H2,1H3. The summed E-state index contributed by atoms with van der Waals surface area (Å²) in [4.78, 5) is 0. The van der Waals surface area contributed by atoms with Gasteiger partial charge in [0, 0.05) is 12.2 Å². The molecule has 4 nitrogen and oxygen atoms in total. The second-order valence-electron chi connectivity index (χ2n) is 6.94. The first-order valence-electron chi connectivity index (χ1n) is 9.35. The van der Waals surface area contributed by atoms with Crippen LogP contribution in [0, 0.1) is 5.92 Å². The van der Waals surface area contributed by atoms with Crippen molar-refractivity contribution in [2.45, 2.75) is 77.2 Å². The fraction of sp³-hybridized carbons (Fsp3) is 0.700. The number of aromatic hydroxyl groups is 2. The van der Waals surface area contributed by atoms with E-state index in [2.05, 4.69) is 6.92 Å². The number of aliphatic hydroxyl groups is 2. The Bertz CT molecular complexity index is 447. The first-order chi connectivity index (χ1) is 11.5. The predicted molar refractivity (Wildman–Crippen MR) is 97.2 cm³/mol. The molecule has 0 saturated carbocycles. The summed E-state index contributed by atoms with van der Waals surface area (Å²) in [6.07, 6.45) is 10.4. The lowest BCUT2D eigenvalue weighted by Gasteiger charge is -2.18. The van der Waals surface area contributed by atoms with Gasteiger partial charge in [0.2, 0.25) is 0 Å². The Labute approximate surface area is 146 Å². The molecule has 0 aliphatic rings. The van der Waals surface area contributed by atoms with Crippen LogP contribution in [0.4, 0.5) is 0 Å². The average Bonchev–Trinajstić information content (AvgIpc) is 2.55. The number of phenols is 2. The number of hydrogen-bond donors (Lipinski definition) is 4. The van der Waals surface area contributed by atoms with Gasteiger partial charge in [-0.25, -0.2) is 0 Å². The van der Waals surface area contributed by atoms with Crippen LogP contribution in [0.1, 0.15) is 82.8 Å². The van der Waals surface area contributed by atoms with Crippen LogP contribution in [0.3, 0.4) is 0 Å². The first-order valence-corrected chi connectivity index (χ1v) is 9.35. The maximum Gasteiger partial charge on any atom is 0.121 e. The van der Waals surface area contributed by atoms with Crippen LogP contribution in [0.15, 0.2) is 18.2 Å². The Balaban J connectivity index is 2.13. The van der Waals surface area contributed by atoms with Crippen molar-refractivity contribution in [2.75, 3.05) is 6.61 Å². The van der Waals surface area contributed by atoms with E-state index in [1.807, 2.05) is 0 Å². The summed E-state index contributed by atoms with van der Waals surface area (Å²) in [5.41, 5.74) is 0.407. The van der Waals surface area contributed by atoms with Crippen molar-refractivity contribution in [2.24, 2.45) is 5.92 Å². The second-order valence-corrected chi connectivity index (χ2v) is 6.94. The van der Waals surface area contributed by atoms with Crippen molar-refractivity contribution in [1.82, 2.24) is 0 Å². The van der Waals surface area contributed by atoms with Crippen LogP contribution >= 0.6 is 0 Å². The summed E-state index contributed by atoms with van der Waals surface area (Å²) in [7, 11) is 0. The number of hydrogen-bond acceptors (Lipinski definition) is 4. The van der Waals surface area contributed by atoms with Crippen LogP contribution < -0.4 is 0 Å². The van der Waals surface area contributed by atoms with Crippen LogP contribution in [-0.2, 0) is 0 Å². The van der Waals surface area contributed by atoms with Crippen molar-refractivity contribution in [1.29, 1.82) is 0 Å². The number of unbranched alkanes of at least 4 members (excludes halogenated alkanes) is 7. The number of benzene rings is 1. The van der Waals surface area contributed by atoms with Gasteiger partial charge in [-0.1, -0.05) is 58.3 Å². The highest BCUT2D eigenvalue weighted by molar-refractivity contribution is 5.39. The molecule has 2 atom stereocenters. The van der Waals surface area contributed by atoms with E-state index in [4.69, 9.17) is 5.11 Å². The van der Waals surface area contributed by atoms with E-state index in [0.29, 0.717) is 24.5 Å². The summed E-state index contributed by atoms with van der Waals surface area (Å²) in [5.74, 6) is 0.480. The Morgan fingerprint density at radius 3 is 2.08 bits per heavy atom. The minimum atomic E-state index is -0.737. The molecule has 1 aromatic rings. The molecule has 24 heavy (non-hydrogen) atoms. The lowest BCUT2D eigenvalue weighted by Crippen LogP contribution is -2.05. The Hall–Kier alpha value is -1.26. The highest BCUT2D eigenvalue weighted by Crippen LogP contribution is 2.32. The monoisotopic (exact) mass is 338 g/mol. The van der Waals surface area contributed by atoms with Crippen molar-refractivity contribution in [3.8, 4) is 11.5 Å². The molecule has 0 bridgehead atoms. The van der Waals surface area contributed by atoms with Gasteiger partial charge >= 0.3 is 0 Å². The topological polar surface area (TPSA) is 80.9 Å². The molecule has 0 spiro atoms. The van der Waals surface area contributed by atoms with Gasteiger partial charge in [-0.15, -0.1) is 0 Å². The van der Waals surface area contributed by atoms with Gasteiger partial charge in [-0.05, 0) is 37.0 Å². The van der Waals surface area contributed by atoms with E-state index in [1.54, 1.807) is 0 Å². The van der Waals surface area contributed by atoms with Gasteiger partial charge in [-0.3, -0.25) is 0 Å². The fourth-order valence-electron chi connectivity index (χ4n) is 3.10. The molecule has 0 aromatic heterocycles. The molecule has 1 rings (SSSR count). The maximum absolute atomic E-state index is 10.3. The summed E-state index contributed by atoms with van der Waals surface area (Å²) >= 11 is 0. The van der Waals surface area contributed by atoms with Gasteiger partial charge in [-0.2, -0.15) is 0 Å². The lowest BCUT2D eigenvalue weighted by atomic mass is 9.93. The Morgan fingerprint density at radius 1 is 0.875 bits per heavy atom. The number of rotatable bonds is 13. The quantitative estimate of drug-likeness (QED) is 0.311. The normalized spacial score (nSPS) is 13.8. The van der Waals surface area contributed by atoms with Gasteiger partial charge in [0.15, 0.2) is 0 Å². The molecular formula is C20H34O4. The van der Waals surface area contributed by atoms with E-state index in [-0.39, 0.29) is 11.5 Å². The Kier molecular flexibility index (Phi) is 10.5. The first kappa shape index (κ1) is 20.8. The third-order valence-electron chi connectivity index (χ3n) is 4.60. The van der Waals surface area contributed by atoms with E-state index in [1.165, 1.54) is 50.3 Å². The maximum atomic E-state index is 10.3. The number of phenolic OH excluding ortho intramolecular Hbond substituents is 2. The number of aliphatic hydroxyl groups excluding tert-OH is 2. The SMILES string of the molecule is CC(CCCCCCCCCCO)CC(O)c1cc(O)ccc1O. The van der Waals surface area contributed by atoms with Gasteiger partial charge in [0.25, 0.3) is 0 Å². The van der Waals surface area contributed by atoms with Gasteiger partial charge in [0.1, 0.15) is 11.5 Å². The fourth-order valence-corrected chi connectivity index (χ4v) is 3.10. The van der Waals surface area contributed by atoms with Crippen LogP contribution in [0.25, 0.3) is 0 Å². The molecule has 0 saturated heterocycles. The van der Waals surface area contributed by atoms with E-state index in [9.17, 15) is 15.3 Å². The molecule has 138 valence electrons. The smallest absolute Gasteiger partial charge is 0.121 e. The molecule has 0 fully saturated rings. The van der Waals surface area contributed by atoms with Crippen LogP contribution in [0.5, 0.6) is 11.5 Å². The zero-order valence-corrected chi connectivity index (χ0v) is 15.0. The zero-order chi connectivity index (χ0) is 17.8.